The fourth-order valence-electron chi connectivity index (χ4n) is 4.36. The number of ether oxygens (including phenoxy) is 1. The Morgan fingerprint density at radius 3 is 2.23 bits per heavy atom. The van der Waals surface area contributed by atoms with Gasteiger partial charge in [0, 0.05) is 9.49 Å². The minimum Gasteiger partial charge on any atom is -0.478 e. The number of hydrogen-bond acceptors (Lipinski definition) is 4. The predicted octanol–water partition coefficient (Wildman–Crippen LogP) is 5.64. The lowest BCUT2D eigenvalue weighted by Crippen LogP contribution is -2.44. The van der Waals surface area contributed by atoms with Crippen molar-refractivity contribution in [2.45, 2.75) is 31.7 Å². The van der Waals surface area contributed by atoms with Crippen molar-refractivity contribution in [3.05, 3.63) is 87.0 Å². The Morgan fingerprint density at radius 1 is 1.00 bits per heavy atom. The van der Waals surface area contributed by atoms with Crippen LogP contribution in [0.25, 0.3) is 11.1 Å². The topological polar surface area (TPSA) is 105 Å². The number of benzene rings is 3. The first-order valence-corrected chi connectivity index (χ1v) is 12.4. The summed E-state index contributed by atoms with van der Waals surface area (Å²) in [5, 5.41) is 14.7. The lowest BCUT2D eigenvalue weighted by atomic mass is 9.98. The molecule has 8 heteroatoms. The molecule has 180 valence electrons. The van der Waals surface area contributed by atoms with E-state index in [-0.39, 0.29) is 23.8 Å². The van der Waals surface area contributed by atoms with Gasteiger partial charge in [-0.15, -0.1) is 0 Å². The maximum Gasteiger partial charge on any atom is 0.407 e. The maximum absolute atomic E-state index is 12.9. The zero-order valence-electron chi connectivity index (χ0n) is 19.1. The van der Waals surface area contributed by atoms with Gasteiger partial charge in [-0.3, -0.25) is 4.79 Å². The third kappa shape index (κ3) is 5.48. The molecule has 2 amide bonds. The van der Waals surface area contributed by atoms with Gasteiger partial charge in [0.05, 0.1) is 11.3 Å². The van der Waals surface area contributed by atoms with Crippen molar-refractivity contribution < 1.29 is 24.2 Å². The van der Waals surface area contributed by atoms with Crippen LogP contribution in [-0.2, 0) is 9.53 Å². The van der Waals surface area contributed by atoms with Gasteiger partial charge in [-0.25, -0.2) is 9.59 Å². The quantitative estimate of drug-likeness (QED) is 0.298. The van der Waals surface area contributed by atoms with Crippen LogP contribution in [-0.4, -0.2) is 35.7 Å². The number of carbonyl (C=O) groups is 3. The minimum absolute atomic E-state index is 0.0124. The number of amides is 2. The summed E-state index contributed by atoms with van der Waals surface area (Å²) in [5.41, 5.74) is 4.63. The molecule has 1 aliphatic rings. The van der Waals surface area contributed by atoms with Gasteiger partial charge in [0.1, 0.15) is 12.6 Å². The van der Waals surface area contributed by atoms with Gasteiger partial charge in [-0.1, -0.05) is 61.9 Å². The van der Waals surface area contributed by atoms with Gasteiger partial charge in [0.25, 0.3) is 0 Å². The Hall–Kier alpha value is -3.40. The van der Waals surface area contributed by atoms with E-state index >= 15 is 0 Å². The number of anilines is 1. The van der Waals surface area contributed by atoms with Crippen LogP contribution < -0.4 is 10.6 Å². The second-order valence-electron chi connectivity index (χ2n) is 8.30. The van der Waals surface area contributed by atoms with Crippen LogP contribution in [0.5, 0.6) is 0 Å². The predicted molar refractivity (Wildman–Crippen MR) is 142 cm³/mol. The molecule has 0 fully saturated rings. The fraction of sp³-hybridized carbons (Fsp3) is 0.222. The van der Waals surface area contributed by atoms with E-state index in [0.29, 0.717) is 12.8 Å². The third-order valence-corrected chi connectivity index (χ3v) is 6.67. The van der Waals surface area contributed by atoms with Crippen molar-refractivity contribution in [3.63, 3.8) is 0 Å². The normalized spacial score (nSPS) is 12.9. The van der Waals surface area contributed by atoms with Crippen molar-refractivity contribution >= 4 is 46.2 Å². The largest absolute Gasteiger partial charge is 0.478 e. The second kappa shape index (κ2) is 10.9. The van der Waals surface area contributed by atoms with Crippen molar-refractivity contribution in [2.75, 3.05) is 11.9 Å². The standard InChI is InChI=1S/C27H25IN2O5/c1-2-7-24(25(31)29-23-13-12-16(28)14-21(23)26(32)33)30-27(34)35-15-22-19-10-5-3-8-17(19)18-9-4-6-11-20(18)22/h3-6,8-14,22,24H,2,7,15H2,1H3,(H,29,31)(H,30,34)(H,32,33)/t24-/m1/s1. The van der Waals surface area contributed by atoms with Crippen molar-refractivity contribution in [1.29, 1.82) is 0 Å². The molecule has 1 atom stereocenters. The second-order valence-corrected chi connectivity index (χ2v) is 9.54. The SMILES string of the molecule is CCC[C@@H](NC(=O)OCC1c2ccccc2-c2ccccc21)C(=O)Nc1ccc(I)cc1C(=O)O. The third-order valence-electron chi connectivity index (χ3n) is 6.00. The van der Waals surface area contributed by atoms with Crippen molar-refractivity contribution in [1.82, 2.24) is 5.32 Å². The van der Waals surface area contributed by atoms with Crippen LogP contribution in [0.3, 0.4) is 0 Å². The first kappa shape index (κ1) is 24.7. The first-order chi connectivity index (χ1) is 16.9. The molecule has 0 bridgehead atoms. The highest BCUT2D eigenvalue weighted by atomic mass is 127. The molecule has 1 aliphatic carbocycles. The van der Waals surface area contributed by atoms with Crippen molar-refractivity contribution in [3.8, 4) is 11.1 Å². The Kier molecular flexibility index (Phi) is 7.70. The molecular weight excluding hydrogens is 559 g/mol. The smallest absolute Gasteiger partial charge is 0.407 e. The molecule has 4 rings (SSSR count). The van der Waals surface area contributed by atoms with Crippen LogP contribution in [0.4, 0.5) is 10.5 Å². The molecule has 35 heavy (non-hydrogen) atoms. The van der Waals surface area contributed by atoms with E-state index in [9.17, 15) is 19.5 Å². The average Bonchev–Trinajstić information content (AvgIpc) is 3.17. The summed E-state index contributed by atoms with van der Waals surface area (Å²) in [4.78, 5) is 37.2. The van der Waals surface area contributed by atoms with Gasteiger partial charge >= 0.3 is 12.1 Å². The lowest BCUT2D eigenvalue weighted by Gasteiger charge is -2.20. The number of carboxylic acid groups (broad SMARTS) is 1. The zero-order valence-corrected chi connectivity index (χ0v) is 21.2. The van der Waals surface area contributed by atoms with Gasteiger partial charge < -0.3 is 20.5 Å². The van der Waals surface area contributed by atoms with Crippen molar-refractivity contribution in [2.24, 2.45) is 0 Å². The fourth-order valence-corrected chi connectivity index (χ4v) is 4.85. The summed E-state index contributed by atoms with van der Waals surface area (Å²) in [6.07, 6.45) is 0.324. The first-order valence-electron chi connectivity index (χ1n) is 11.3. The Morgan fingerprint density at radius 2 is 1.63 bits per heavy atom. The molecule has 0 unspecified atom stereocenters. The molecule has 0 saturated heterocycles. The molecule has 3 N–H and O–H groups in total. The summed E-state index contributed by atoms with van der Waals surface area (Å²) in [6.45, 7) is 2.04. The number of alkyl carbamates (subject to hydrolysis) is 1. The molecule has 0 radical (unpaired) electrons. The number of carbonyl (C=O) groups excluding carboxylic acids is 2. The van der Waals surface area contributed by atoms with E-state index in [2.05, 4.69) is 22.8 Å². The summed E-state index contributed by atoms with van der Waals surface area (Å²) >= 11 is 2.01. The summed E-state index contributed by atoms with van der Waals surface area (Å²) in [5.74, 6) is -1.73. The highest BCUT2D eigenvalue weighted by molar-refractivity contribution is 14.1. The Bertz CT molecular complexity index is 1230. The molecular formula is C27H25IN2O5. The van der Waals surface area contributed by atoms with E-state index in [1.54, 1.807) is 12.1 Å². The van der Waals surface area contributed by atoms with Crippen LogP contribution in [0.15, 0.2) is 66.7 Å². The number of hydrogen-bond donors (Lipinski definition) is 3. The van der Waals surface area contributed by atoms with Crippen LogP contribution in [0.1, 0.15) is 47.2 Å². The van der Waals surface area contributed by atoms with E-state index in [0.717, 1.165) is 25.8 Å². The maximum atomic E-state index is 12.9. The minimum atomic E-state index is -1.14. The summed E-state index contributed by atoms with van der Waals surface area (Å²) < 4.78 is 6.31. The number of fused-ring (bicyclic) bond motifs is 3. The Labute approximate surface area is 217 Å². The molecule has 0 aliphatic heterocycles. The zero-order chi connectivity index (χ0) is 24.9. The van der Waals surface area contributed by atoms with Crippen LogP contribution in [0.2, 0.25) is 0 Å². The van der Waals surface area contributed by atoms with E-state index in [4.69, 9.17) is 4.74 Å². The molecule has 7 nitrogen and oxygen atoms in total. The number of rotatable bonds is 8. The molecule has 0 spiro atoms. The average molecular weight is 584 g/mol. The van der Waals surface area contributed by atoms with Gasteiger partial charge in [-0.2, -0.15) is 0 Å². The highest BCUT2D eigenvalue weighted by Crippen LogP contribution is 2.44. The molecule has 3 aromatic carbocycles. The summed E-state index contributed by atoms with van der Waals surface area (Å²) in [7, 11) is 0. The molecule has 0 aromatic heterocycles. The van der Waals surface area contributed by atoms with E-state index in [1.807, 2.05) is 65.9 Å². The number of halogens is 1. The van der Waals surface area contributed by atoms with E-state index in [1.165, 1.54) is 6.07 Å². The molecule has 0 heterocycles. The van der Waals surface area contributed by atoms with Crippen LogP contribution in [0, 0.1) is 3.57 Å². The molecule has 0 saturated carbocycles. The Balaban J connectivity index is 1.43. The number of aromatic carboxylic acids is 1. The van der Waals surface area contributed by atoms with Crippen LogP contribution >= 0.6 is 22.6 Å². The number of carboxylic acids is 1. The lowest BCUT2D eigenvalue weighted by molar-refractivity contribution is -0.118. The van der Waals surface area contributed by atoms with Gasteiger partial charge in [0.2, 0.25) is 5.91 Å². The van der Waals surface area contributed by atoms with Gasteiger partial charge in [-0.05, 0) is 69.5 Å². The monoisotopic (exact) mass is 584 g/mol. The summed E-state index contributed by atoms with van der Waals surface area (Å²) in [6, 6.07) is 20.0. The van der Waals surface area contributed by atoms with Gasteiger partial charge in [0.15, 0.2) is 0 Å². The highest BCUT2D eigenvalue weighted by Gasteiger charge is 2.30. The number of nitrogens with one attached hydrogen (secondary N) is 2. The van der Waals surface area contributed by atoms with E-state index < -0.39 is 24.0 Å². The molecule has 3 aromatic rings.